The van der Waals surface area contributed by atoms with Crippen molar-refractivity contribution in [3.8, 4) is 0 Å². The normalized spacial score (nSPS) is 17.7. The Bertz CT molecular complexity index is 930. The number of anilines is 2. The first-order valence-electron chi connectivity index (χ1n) is 13.0. The topological polar surface area (TPSA) is 48.9 Å². The fraction of sp³-hybridized carbons (Fsp3) is 0.571. The third-order valence-corrected chi connectivity index (χ3v) is 7.40. The van der Waals surface area contributed by atoms with Gasteiger partial charge in [-0.3, -0.25) is 4.90 Å². The molecular weight excluding hydrogens is 424 g/mol. The lowest BCUT2D eigenvalue weighted by molar-refractivity contribution is 0.0499. The van der Waals surface area contributed by atoms with Gasteiger partial charge in [-0.2, -0.15) is 0 Å². The molecule has 0 unspecified atom stereocenters. The first-order chi connectivity index (χ1) is 16.5. The predicted octanol–water partition coefficient (Wildman–Crippen LogP) is 4.69. The molecule has 0 saturated carbocycles. The van der Waals surface area contributed by atoms with Gasteiger partial charge in [0.15, 0.2) is 0 Å². The van der Waals surface area contributed by atoms with Crippen LogP contribution in [-0.2, 0) is 4.74 Å². The molecular formula is C28H40N4O2. The van der Waals surface area contributed by atoms with Gasteiger partial charge >= 0.3 is 5.97 Å². The van der Waals surface area contributed by atoms with E-state index in [1.807, 2.05) is 12.1 Å². The van der Waals surface area contributed by atoms with Crippen molar-refractivity contribution < 1.29 is 9.53 Å². The van der Waals surface area contributed by atoms with Crippen LogP contribution in [0, 0.1) is 19.8 Å². The summed E-state index contributed by atoms with van der Waals surface area (Å²) >= 11 is 0. The van der Waals surface area contributed by atoms with Crippen molar-refractivity contribution in [2.75, 3.05) is 62.2 Å². The van der Waals surface area contributed by atoms with Gasteiger partial charge in [-0.15, -0.1) is 0 Å². The lowest BCUT2D eigenvalue weighted by Crippen LogP contribution is -2.49. The van der Waals surface area contributed by atoms with Crippen molar-refractivity contribution >= 4 is 17.5 Å². The maximum absolute atomic E-state index is 12.1. The highest BCUT2D eigenvalue weighted by atomic mass is 16.5. The van der Waals surface area contributed by atoms with Crippen LogP contribution >= 0.6 is 0 Å². The van der Waals surface area contributed by atoms with E-state index in [0.717, 1.165) is 63.8 Å². The Labute approximate surface area is 204 Å². The standard InChI is InChI=1S/C28H40N4O2/c1-4-5-18-34-28(33)25-7-9-27(29-20-25)32-12-10-24(11-13-32)21-30-14-16-31(17-15-30)26-8-6-22(2)23(3)19-26/h6-9,19-20,24H,4-5,10-18,21H2,1-3H3. The van der Waals surface area contributed by atoms with E-state index < -0.39 is 0 Å². The third-order valence-electron chi connectivity index (χ3n) is 7.40. The van der Waals surface area contributed by atoms with Crippen LogP contribution in [0.1, 0.15) is 54.1 Å². The first-order valence-corrected chi connectivity index (χ1v) is 13.0. The highest BCUT2D eigenvalue weighted by Crippen LogP contribution is 2.25. The molecule has 2 fully saturated rings. The van der Waals surface area contributed by atoms with Gasteiger partial charge < -0.3 is 14.5 Å². The second kappa shape index (κ2) is 11.7. The fourth-order valence-corrected chi connectivity index (χ4v) is 4.91. The van der Waals surface area contributed by atoms with E-state index in [1.54, 1.807) is 6.20 Å². The average molecular weight is 465 g/mol. The summed E-state index contributed by atoms with van der Waals surface area (Å²) in [5, 5.41) is 0. The first kappa shape index (κ1) is 24.5. The molecule has 1 aromatic carbocycles. The molecule has 2 saturated heterocycles. The lowest BCUT2D eigenvalue weighted by Gasteiger charge is -2.40. The lowest BCUT2D eigenvalue weighted by atomic mass is 9.96. The Kier molecular flexibility index (Phi) is 8.44. The third kappa shape index (κ3) is 6.29. The summed E-state index contributed by atoms with van der Waals surface area (Å²) in [6, 6.07) is 10.6. The minimum Gasteiger partial charge on any atom is -0.462 e. The van der Waals surface area contributed by atoms with Gasteiger partial charge in [0, 0.05) is 57.7 Å². The van der Waals surface area contributed by atoms with Crippen molar-refractivity contribution in [3.05, 3.63) is 53.2 Å². The number of hydrogen-bond donors (Lipinski definition) is 0. The SMILES string of the molecule is CCCCOC(=O)c1ccc(N2CCC(CN3CCN(c4ccc(C)c(C)c4)CC3)CC2)nc1. The summed E-state index contributed by atoms with van der Waals surface area (Å²) in [6.45, 7) is 14.7. The van der Waals surface area contributed by atoms with E-state index in [2.05, 4.69) is 58.7 Å². The van der Waals surface area contributed by atoms with Gasteiger partial charge in [-0.1, -0.05) is 19.4 Å². The highest BCUT2D eigenvalue weighted by molar-refractivity contribution is 5.89. The molecule has 6 nitrogen and oxygen atoms in total. The molecule has 3 heterocycles. The number of benzene rings is 1. The van der Waals surface area contributed by atoms with Crippen molar-refractivity contribution in [3.63, 3.8) is 0 Å². The molecule has 4 rings (SSSR count). The summed E-state index contributed by atoms with van der Waals surface area (Å²) in [5.41, 5.74) is 4.64. The molecule has 2 aromatic rings. The molecule has 0 N–H and O–H groups in total. The maximum Gasteiger partial charge on any atom is 0.339 e. The van der Waals surface area contributed by atoms with Crippen LogP contribution in [0.15, 0.2) is 36.5 Å². The largest absolute Gasteiger partial charge is 0.462 e. The zero-order chi connectivity index (χ0) is 23.9. The Morgan fingerprint density at radius 3 is 2.38 bits per heavy atom. The van der Waals surface area contributed by atoms with E-state index in [9.17, 15) is 4.79 Å². The molecule has 0 bridgehead atoms. The molecule has 184 valence electrons. The van der Waals surface area contributed by atoms with E-state index in [0.29, 0.717) is 12.2 Å². The number of aromatic nitrogens is 1. The Balaban J connectivity index is 1.19. The molecule has 0 atom stereocenters. The Morgan fingerprint density at radius 2 is 1.74 bits per heavy atom. The summed E-state index contributed by atoms with van der Waals surface area (Å²) < 4.78 is 5.28. The summed E-state index contributed by atoms with van der Waals surface area (Å²) in [4.78, 5) is 24.2. The fourth-order valence-electron chi connectivity index (χ4n) is 4.91. The monoisotopic (exact) mass is 464 g/mol. The molecule has 0 radical (unpaired) electrons. The van der Waals surface area contributed by atoms with E-state index >= 15 is 0 Å². The van der Waals surface area contributed by atoms with Crippen molar-refractivity contribution in [1.29, 1.82) is 0 Å². The van der Waals surface area contributed by atoms with Gasteiger partial charge in [-0.25, -0.2) is 9.78 Å². The van der Waals surface area contributed by atoms with Gasteiger partial charge in [0.25, 0.3) is 0 Å². The van der Waals surface area contributed by atoms with Crippen LogP contribution in [0.3, 0.4) is 0 Å². The number of aryl methyl sites for hydroxylation is 2. The summed E-state index contributed by atoms with van der Waals surface area (Å²) in [5.74, 6) is 1.44. The summed E-state index contributed by atoms with van der Waals surface area (Å²) in [6.07, 6.45) is 5.96. The van der Waals surface area contributed by atoms with Crippen molar-refractivity contribution in [2.24, 2.45) is 5.92 Å². The number of nitrogens with zero attached hydrogens (tertiary/aromatic N) is 4. The number of piperidine rings is 1. The maximum atomic E-state index is 12.1. The second-order valence-corrected chi connectivity index (χ2v) is 9.88. The Morgan fingerprint density at radius 1 is 0.971 bits per heavy atom. The van der Waals surface area contributed by atoms with Gasteiger partial charge in [-0.05, 0) is 74.4 Å². The van der Waals surface area contributed by atoms with E-state index in [-0.39, 0.29) is 5.97 Å². The molecule has 34 heavy (non-hydrogen) atoms. The van der Waals surface area contributed by atoms with E-state index in [1.165, 1.54) is 36.2 Å². The molecule has 0 amide bonds. The minimum absolute atomic E-state index is 0.274. The van der Waals surface area contributed by atoms with Crippen LogP contribution in [0.25, 0.3) is 0 Å². The van der Waals surface area contributed by atoms with Crippen LogP contribution in [-0.4, -0.2) is 68.3 Å². The van der Waals surface area contributed by atoms with Crippen molar-refractivity contribution in [2.45, 2.75) is 46.5 Å². The zero-order valence-electron chi connectivity index (χ0n) is 21.1. The molecule has 2 aliphatic heterocycles. The van der Waals surface area contributed by atoms with E-state index in [4.69, 9.17) is 4.74 Å². The Hall–Kier alpha value is -2.60. The number of ether oxygens (including phenoxy) is 1. The van der Waals surface area contributed by atoms with Crippen LogP contribution in [0.4, 0.5) is 11.5 Å². The second-order valence-electron chi connectivity index (χ2n) is 9.88. The van der Waals surface area contributed by atoms with Crippen LogP contribution < -0.4 is 9.80 Å². The van der Waals surface area contributed by atoms with Crippen LogP contribution in [0.2, 0.25) is 0 Å². The number of pyridine rings is 1. The number of unbranched alkanes of at least 4 members (excludes halogenated alkanes) is 1. The zero-order valence-corrected chi connectivity index (χ0v) is 21.1. The number of esters is 1. The van der Waals surface area contributed by atoms with Crippen LogP contribution in [0.5, 0.6) is 0 Å². The predicted molar refractivity (Wildman–Crippen MR) is 139 cm³/mol. The minimum atomic E-state index is -0.274. The smallest absolute Gasteiger partial charge is 0.339 e. The molecule has 2 aliphatic rings. The number of hydrogen-bond acceptors (Lipinski definition) is 6. The molecule has 0 aliphatic carbocycles. The van der Waals surface area contributed by atoms with Gasteiger partial charge in [0.2, 0.25) is 0 Å². The number of rotatable bonds is 8. The van der Waals surface area contributed by atoms with Gasteiger partial charge in [0.1, 0.15) is 5.82 Å². The molecule has 0 spiro atoms. The highest BCUT2D eigenvalue weighted by Gasteiger charge is 2.25. The van der Waals surface area contributed by atoms with Crippen molar-refractivity contribution in [1.82, 2.24) is 9.88 Å². The van der Waals surface area contributed by atoms with Gasteiger partial charge in [0.05, 0.1) is 12.2 Å². The quantitative estimate of drug-likeness (QED) is 0.417. The number of carbonyl (C=O) groups excluding carboxylic acids is 1. The average Bonchev–Trinajstić information content (AvgIpc) is 2.87. The molecule has 6 heteroatoms. The molecule has 1 aromatic heterocycles. The number of carbonyl (C=O) groups is 1. The summed E-state index contributed by atoms with van der Waals surface area (Å²) in [7, 11) is 0. The number of piperazine rings is 1.